The van der Waals surface area contributed by atoms with Gasteiger partial charge in [-0.2, -0.15) is 0 Å². The molecule has 0 bridgehead atoms. The number of hydrogen-bond acceptors (Lipinski definition) is 2. The zero-order valence-electron chi connectivity index (χ0n) is 13.2. The summed E-state index contributed by atoms with van der Waals surface area (Å²) in [6.45, 7) is 9.68. The highest BCUT2D eigenvalue weighted by atomic mass is 127. The van der Waals surface area contributed by atoms with Crippen LogP contribution in [0.1, 0.15) is 33.6 Å². The zero-order valence-corrected chi connectivity index (χ0v) is 15.5. The largest absolute Gasteiger partial charge is 0.357 e. The maximum atomic E-state index is 12.1. The molecular formula is C14H29IN4O. The number of nitrogens with zero attached hydrogens (tertiary/aromatic N) is 3. The lowest BCUT2D eigenvalue weighted by Crippen LogP contribution is -2.45. The first-order valence-corrected chi connectivity index (χ1v) is 7.39. The number of amides is 1. The number of halogens is 1. The summed E-state index contributed by atoms with van der Waals surface area (Å²) in [5.41, 5.74) is 0. The first-order chi connectivity index (χ1) is 9.12. The van der Waals surface area contributed by atoms with Crippen LogP contribution in [0.3, 0.4) is 0 Å². The van der Waals surface area contributed by atoms with Crippen LogP contribution in [0.5, 0.6) is 0 Å². The number of carbonyl (C=O) groups is 1. The van der Waals surface area contributed by atoms with Crippen molar-refractivity contribution < 1.29 is 4.79 Å². The number of likely N-dealkylation sites (N-methyl/N-ethyl adjacent to an activating group) is 2. The Kier molecular flexibility index (Phi) is 9.96. The first kappa shape index (κ1) is 19.5. The van der Waals surface area contributed by atoms with Crippen LogP contribution >= 0.6 is 24.0 Å². The molecule has 5 nitrogen and oxygen atoms in total. The molecule has 20 heavy (non-hydrogen) atoms. The van der Waals surface area contributed by atoms with Crippen molar-refractivity contribution in [2.45, 2.75) is 33.6 Å². The third kappa shape index (κ3) is 6.76. The second-order valence-electron chi connectivity index (χ2n) is 5.06. The van der Waals surface area contributed by atoms with E-state index in [1.54, 1.807) is 0 Å². The molecule has 0 aromatic heterocycles. The minimum atomic E-state index is 0. The van der Waals surface area contributed by atoms with Gasteiger partial charge in [0.2, 0.25) is 5.91 Å². The Morgan fingerprint density at radius 3 is 2.30 bits per heavy atom. The predicted octanol–water partition coefficient (Wildman–Crippen LogP) is 1.78. The van der Waals surface area contributed by atoms with E-state index >= 15 is 0 Å². The van der Waals surface area contributed by atoms with E-state index in [4.69, 9.17) is 0 Å². The fourth-order valence-corrected chi connectivity index (χ4v) is 1.94. The second kappa shape index (κ2) is 10.2. The van der Waals surface area contributed by atoms with Crippen LogP contribution in [-0.2, 0) is 4.79 Å². The van der Waals surface area contributed by atoms with Crippen molar-refractivity contribution in [1.82, 2.24) is 15.1 Å². The standard InChI is InChI=1S/C14H28N4O.HI/c1-5-15-14(16-10-12-8-9-12)17(4)11-13(19)18(6-2)7-3;/h12H,5-11H2,1-4H3,(H,15,16);1H. The van der Waals surface area contributed by atoms with Crippen molar-refractivity contribution in [3.63, 3.8) is 0 Å². The van der Waals surface area contributed by atoms with Gasteiger partial charge >= 0.3 is 0 Å². The first-order valence-electron chi connectivity index (χ1n) is 7.39. The summed E-state index contributed by atoms with van der Waals surface area (Å²) in [5.74, 6) is 1.76. The summed E-state index contributed by atoms with van der Waals surface area (Å²) in [5, 5.41) is 3.25. The van der Waals surface area contributed by atoms with Crippen LogP contribution in [0, 0.1) is 5.92 Å². The highest BCUT2D eigenvalue weighted by molar-refractivity contribution is 14.0. The van der Waals surface area contributed by atoms with E-state index in [9.17, 15) is 4.79 Å². The van der Waals surface area contributed by atoms with E-state index in [1.807, 2.05) is 37.6 Å². The number of guanidine groups is 1. The minimum Gasteiger partial charge on any atom is -0.357 e. The monoisotopic (exact) mass is 396 g/mol. The zero-order chi connectivity index (χ0) is 14.3. The van der Waals surface area contributed by atoms with E-state index in [0.717, 1.165) is 38.1 Å². The lowest BCUT2D eigenvalue weighted by atomic mass is 10.4. The van der Waals surface area contributed by atoms with Crippen LogP contribution in [-0.4, -0.2) is 61.4 Å². The summed E-state index contributed by atoms with van der Waals surface area (Å²) in [6.07, 6.45) is 2.59. The summed E-state index contributed by atoms with van der Waals surface area (Å²) >= 11 is 0. The Balaban J connectivity index is 0.00000361. The van der Waals surface area contributed by atoms with Crippen molar-refractivity contribution in [2.75, 3.05) is 39.8 Å². The van der Waals surface area contributed by atoms with Gasteiger partial charge in [0.1, 0.15) is 0 Å². The van der Waals surface area contributed by atoms with E-state index in [2.05, 4.69) is 10.3 Å². The summed E-state index contributed by atoms with van der Waals surface area (Å²) < 4.78 is 0. The molecule has 0 spiro atoms. The van der Waals surface area contributed by atoms with Crippen LogP contribution in [0.15, 0.2) is 4.99 Å². The van der Waals surface area contributed by atoms with Crippen molar-refractivity contribution in [3.8, 4) is 0 Å². The molecule has 0 atom stereocenters. The lowest BCUT2D eigenvalue weighted by molar-refractivity contribution is -0.131. The Bertz CT molecular complexity index is 314. The maximum Gasteiger partial charge on any atom is 0.242 e. The fraction of sp³-hybridized carbons (Fsp3) is 0.857. The Morgan fingerprint density at radius 1 is 1.25 bits per heavy atom. The molecule has 1 aliphatic rings. The molecule has 1 amide bonds. The molecular weight excluding hydrogens is 367 g/mol. The highest BCUT2D eigenvalue weighted by Crippen LogP contribution is 2.28. The molecule has 6 heteroatoms. The van der Waals surface area contributed by atoms with Gasteiger partial charge in [0.05, 0.1) is 6.54 Å². The molecule has 0 unspecified atom stereocenters. The number of hydrogen-bond donors (Lipinski definition) is 1. The summed E-state index contributed by atoms with van der Waals surface area (Å²) in [6, 6.07) is 0. The van der Waals surface area contributed by atoms with Gasteiger partial charge in [-0.3, -0.25) is 9.79 Å². The molecule has 0 radical (unpaired) electrons. The second-order valence-corrected chi connectivity index (χ2v) is 5.06. The minimum absolute atomic E-state index is 0. The van der Waals surface area contributed by atoms with Crippen LogP contribution < -0.4 is 5.32 Å². The normalized spacial score (nSPS) is 14.5. The van der Waals surface area contributed by atoms with Crippen LogP contribution in [0.25, 0.3) is 0 Å². The molecule has 1 fully saturated rings. The van der Waals surface area contributed by atoms with Crippen molar-refractivity contribution in [3.05, 3.63) is 0 Å². The molecule has 1 saturated carbocycles. The van der Waals surface area contributed by atoms with E-state index in [-0.39, 0.29) is 29.9 Å². The number of rotatable bonds is 7. The molecule has 1 aliphatic carbocycles. The molecule has 118 valence electrons. The van der Waals surface area contributed by atoms with Crippen molar-refractivity contribution >= 4 is 35.8 Å². The van der Waals surface area contributed by atoms with Crippen molar-refractivity contribution in [1.29, 1.82) is 0 Å². The van der Waals surface area contributed by atoms with Crippen LogP contribution in [0.2, 0.25) is 0 Å². The molecule has 0 saturated heterocycles. The third-order valence-corrected chi connectivity index (χ3v) is 3.38. The molecule has 1 rings (SSSR count). The third-order valence-electron chi connectivity index (χ3n) is 3.38. The van der Waals surface area contributed by atoms with E-state index in [1.165, 1.54) is 12.8 Å². The van der Waals surface area contributed by atoms with Gasteiger partial charge in [-0.15, -0.1) is 24.0 Å². The SMILES string of the molecule is CCNC(=NCC1CC1)N(C)CC(=O)N(CC)CC.I. The highest BCUT2D eigenvalue weighted by Gasteiger charge is 2.21. The predicted molar refractivity (Wildman–Crippen MR) is 94.7 cm³/mol. The molecule has 0 aromatic carbocycles. The van der Waals surface area contributed by atoms with E-state index in [0.29, 0.717) is 6.54 Å². The molecule has 0 aliphatic heterocycles. The summed E-state index contributed by atoms with van der Waals surface area (Å²) in [4.78, 5) is 20.4. The van der Waals surface area contributed by atoms with Crippen LogP contribution in [0.4, 0.5) is 0 Å². The van der Waals surface area contributed by atoms with Gasteiger partial charge in [-0.1, -0.05) is 0 Å². The quantitative estimate of drug-likeness (QED) is 0.406. The molecule has 0 heterocycles. The van der Waals surface area contributed by atoms with Gasteiger partial charge < -0.3 is 15.1 Å². The van der Waals surface area contributed by atoms with Gasteiger partial charge in [-0.05, 0) is 39.5 Å². The van der Waals surface area contributed by atoms with E-state index < -0.39 is 0 Å². The smallest absolute Gasteiger partial charge is 0.242 e. The topological polar surface area (TPSA) is 47.9 Å². The molecule has 1 N–H and O–H groups in total. The number of aliphatic imine (C=N–C) groups is 1. The lowest BCUT2D eigenvalue weighted by Gasteiger charge is -2.25. The average molecular weight is 396 g/mol. The maximum absolute atomic E-state index is 12.1. The average Bonchev–Trinajstić information content (AvgIpc) is 3.19. The Morgan fingerprint density at radius 2 is 1.85 bits per heavy atom. The fourth-order valence-electron chi connectivity index (χ4n) is 1.94. The van der Waals surface area contributed by atoms with Crippen molar-refractivity contribution in [2.24, 2.45) is 10.9 Å². The number of nitrogens with one attached hydrogen (secondary N) is 1. The van der Waals surface area contributed by atoms with Gasteiger partial charge in [0.15, 0.2) is 5.96 Å². The molecule has 0 aromatic rings. The Hall–Kier alpha value is -0.530. The Labute approximate surface area is 140 Å². The summed E-state index contributed by atoms with van der Waals surface area (Å²) in [7, 11) is 1.93. The van der Waals surface area contributed by atoms with Gasteiger partial charge in [0.25, 0.3) is 0 Å². The van der Waals surface area contributed by atoms with Gasteiger partial charge in [-0.25, -0.2) is 0 Å². The van der Waals surface area contributed by atoms with Gasteiger partial charge in [0, 0.05) is 33.2 Å². The number of carbonyl (C=O) groups excluding carboxylic acids is 1.